The van der Waals surface area contributed by atoms with E-state index in [1.165, 1.54) is 7.11 Å². The third-order valence-electron chi connectivity index (χ3n) is 3.84. The highest BCUT2D eigenvalue weighted by molar-refractivity contribution is 5.74. The molecular weight excluding hydrogens is 328 g/mol. The van der Waals surface area contributed by atoms with E-state index in [-0.39, 0.29) is 18.7 Å². The predicted molar refractivity (Wildman–Crippen MR) is 87.4 cm³/mol. The second kappa shape index (κ2) is 8.08. The number of aromatic nitrogens is 4. The predicted octanol–water partition coefficient (Wildman–Crippen LogP) is 0.0798. The van der Waals surface area contributed by atoms with E-state index in [2.05, 4.69) is 20.6 Å². The van der Waals surface area contributed by atoms with E-state index >= 15 is 0 Å². The molecule has 1 aliphatic heterocycles. The van der Waals surface area contributed by atoms with Gasteiger partial charge in [0.05, 0.1) is 39.5 Å². The Balaban J connectivity index is 1.58. The molecule has 1 fully saturated rings. The molecule has 25 heavy (non-hydrogen) atoms. The summed E-state index contributed by atoms with van der Waals surface area (Å²) < 4.78 is 17.6. The topological polar surface area (TPSA) is 103 Å². The van der Waals surface area contributed by atoms with Crippen molar-refractivity contribution in [3.63, 3.8) is 0 Å². The zero-order chi connectivity index (χ0) is 17.6. The summed E-state index contributed by atoms with van der Waals surface area (Å²) >= 11 is 0. The Morgan fingerprint density at radius 2 is 2.32 bits per heavy atom. The van der Waals surface area contributed by atoms with Crippen LogP contribution < -0.4 is 10.1 Å². The molecule has 2 aromatic heterocycles. The van der Waals surface area contributed by atoms with Gasteiger partial charge in [-0.25, -0.2) is 4.79 Å². The Bertz CT molecular complexity index is 721. The van der Waals surface area contributed by atoms with Gasteiger partial charge in [-0.15, -0.1) is 15.3 Å². The number of nitrogens with zero attached hydrogens (tertiary/aromatic N) is 5. The lowest BCUT2D eigenvalue weighted by atomic mass is 10.3. The third kappa shape index (κ3) is 4.15. The largest absolute Gasteiger partial charge is 0.480 e. The molecule has 3 heterocycles. The van der Waals surface area contributed by atoms with Crippen LogP contribution in [0.15, 0.2) is 12.1 Å². The number of ether oxygens (including phenoxy) is 3. The van der Waals surface area contributed by atoms with E-state index in [1.807, 2.05) is 6.92 Å². The summed E-state index contributed by atoms with van der Waals surface area (Å²) in [6, 6.07) is 3.28. The maximum absolute atomic E-state index is 12.4. The van der Waals surface area contributed by atoms with Gasteiger partial charge in [0.2, 0.25) is 5.88 Å². The Labute approximate surface area is 145 Å². The van der Waals surface area contributed by atoms with Gasteiger partial charge in [-0.3, -0.25) is 0 Å². The number of carbonyl (C=O) groups is 1. The van der Waals surface area contributed by atoms with E-state index in [4.69, 9.17) is 14.2 Å². The summed E-state index contributed by atoms with van der Waals surface area (Å²) in [6.45, 7) is 4.80. The number of fused-ring (bicyclic) bond motifs is 1. The van der Waals surface area contributed by atoms with Crippen molar-refractivity contribution in [2.75, 3.05) is 40.0 Å². The molecule has 1 atom stereocenters. The van der Waals surface area contributed by atoms with Crippen molar-refractivity contribution in [1.29, 1.82) is 0 Å². The summed E-state index contributed by atoms with van der Waals surface area (Å²) in [5, 5.41) is 15.2. The van der Waals surface area contributed by atoms with Crippen LogP contribution in [0.5, 0.6) is 5.88 Å². The lowest BCUT2D eigenvalue weighted by Crippen LogP contribution is -2.50. The zero-order valence-corrected chi connectivity index (χ0v) is 14.3. The number of hydrogen-bond donors (Lipinski definition) is 1. The lowest BCUT2D eigenvalue weighted by molar-refractivity contribution is -0.0566. The molecule has 1 saturated heterocycles. The molecule has 1 N–H and O–H groups in total. The monoisotopic (exact) mass is 350 g/mol. The lowest BCUT2D eigenvalue weighted by Gasteiger charge is -2.32. The first-order valence-corrected chi connectivity index (χ1v) is 8.18. The third-order valence-corrected chi connectivity index (χ3v) is 3.84. The van der Waals surface area contributed by atoms with Gasteiger partial charge in [0, 0.05) is 19.2 Å². The van der Waals surface area contributed by atoms with Crippen LogP contribution in [0.1, 0.15) is 12.7 Å². The van der Waals surface area contributed by atoms with Gasteiger partial charge in [0.25, 0.3) is 0 Å². The quantitative estimate of drug-likeness (QED) is 0.787. The SMILES string of the molecule is CCOCC1CN(C(=O)NCc2nnc3ccc(OC)nn23)CCO1. The number of carbonyl (C=O) groups excluding carboxylic acids is 1. The number of amides is 2. The zero-order valence-electron chi connectivity index (χ0n) is 14.3. The summed E-state index contributed by atoms with van der Waals surface area (Å²) in [4.78, 5) is 14.1. The average molecular weight is 350 g/mol. The van der Waals surface area contributed by atoms with Crippen molar-refractivity contribution in [2.45, 2.75) is 19.6 Å². The summed E-state index contributed by atoms with van der Waals surface area (Å²) in [5.74, 6) is 0.980. The van der Waals surface area contributed by atoms with Crippen molar-refractivity contribution in [2.24, 2.45) is 0 Å². The van der Waals surface area contributed by atoms with Crippen LogP contribution in [-0.2, 0) is 16.0 Å². The molecule has 0 aromatic carbocycles. The molecule has 2 aromatic rings. The molecule has 2 amide bonds. The maximum Gasteiger partial charge on any atom is 0.317 e. The van der Waals surface area contributed by atoms with Gasteiger partial charge < -0.3 is 24.4 Å². The number of hydrogen-bond acceptors (Lipinski definition) is 7. The van der Waals surface area contributed by atoms with Gasteiger partial charge in [-0.05, 0) is 13.0 Å². The van der Waals surface area contributed by atoms with Gasteiger partial charge in [0.15, 0.2) is 11.5 Å². The Morgan fingerprint density at radius 3 is 3.12 bits per heavy atom. The van der Waals surface area contributed by atoms with Gasteiger partial charge in [-0.1, -0.05) is 0 Å². The number of rotatable bonds is 6. The number of methoxy groups -OCH3 is 1. The minimum atomic E-state index is -0.176. The van der Waals surface area contributed by atoms with Crippen LogP contribution in [0.4, 0.5) is 4.79 Å². The molecule has 0 aliphatic carbocycles. The molecule has 1 aliphatic rings. The van der Waals surface area contributed by atoms with Gasteiger partial charge >= 0.3 is 6.03 Å². The summed E-state index contributed by atoms with van der Waals surface area (Å²) in [7, 11) is 1.54. The number of urea groups is 1. The smallest absolute Gasteiger partial charge is 0.317 e. The van der Waals surface area contributed by atoms with Crippen LogP contribution in [0.2, 0.25) is 0 Å². The molecule has 10 heteroatoms. The normalized spacial score (nSPS) is 17.7. The Kier molecular flexibility index (Phi) is 5.61. The molecule has 136 valence electrons. The fourth-order valence-electron chi connectivity index (χ4n) is 2.56. The molecule has 0 saturated carbocycles. The first-order valence-electron chi connectivity index (χ1n) is 8.18. The van der Waals surface area contributed by atoms with Crippen molar-refractivity contribution in [1.82, 2.24) is 30.0 Å². The number of nitrogens with one attached hydrogen (secondary N) is 1. The second-order valence-corrected chi connectivity index (χ2v) is 5.52. The number of morpholine rings is 1. The fourth-order valence-corrected chi connectivity index (χ4v) is 2.56. The van der Waals surface area contributed by atoms with Gasteiger partial charge in [0.1, 0.15) is 0 Å². The van der Waals surface area contributed by atoms with E-state index in [0.717, 1.165) is 0 Å². The van der Waals surface area contributed by atoms with Crippen molar-refractivity contribution >= 4 is 11.7 Å². The van der Waals surface area contributed by atoms with E-state index in [9.17, 15) is 4.79 Å². The molecule has 10 nitrogen and oxygen atoms in total. The first kappa shape index (κ1) is 17.4. The minimum Gasteiger partial charge on any atom is -0.480 e. The van der Waals surface area contributed by atoms with Crippen LogP contribution in [-0.4, -0.2) is 76.9 Å². The van der Waals surface area contributed by atoms with E-state index in [1.54, 1.807) is 21.5 Å². The van der Waals surface area contributed by atoms with Gasteiger partial charge in [-0.2, -0.15) is 4.52 Å². The van der Waals surface area contributed by atoms with Crippen LogP contribution in [0.25, 0.3) is 5.65 Å². The molecule has 0 bridgehead atoms. The molecule has 3 rings (SSSR count). The highest BCUT2D eigenvalue weighted by Crippen LogP contribution is 2.09. The molecular formula is C15H22N6O4. The van der Waals surface area contributed by atoms with Crippen LogP contribution >= 0.6 is 0 Å². The fraction of sp³-hybridized carbons (Fsp3) is 0.600. The summed E-state index contributed by atoms with van der Waals surface area (Å²) in [5.41, 5.74) is 0.591. The summed E-state index contributed by atoms with van der Waals surface area (Å²) in [6.07, 6.45) is -0.0979. The van der Waals surface area contributed by atoms with E-state index < -0.39 is 0 Å². The molecule has 0 spiro atoms. The molecule has 1 unspecified atom stereocenters. The first-order chi connectivity index (χ1) is 12.2. The van der Waals surface area contributed by atoms with Crippen LogP contribution in [0, 0.1) is 0 Å². The van der Waals surface area contributed by atoms with Crippen LogP contribution in [0.3, 0.4) is 0 Å². The maximum atomic E-state index is 12.4. The average Bonchev–Trinajstić information content (AvgIpc) is 3.06. The molecule has 0 radical (unpaired) electrons. The standard InChI is InChI=1S/C15H22N6O4/c1-3-24-10-11-9-20(6-7-25-11)15(22)16-8-13-18-17-12-4-5-14(23-2)19-21(12)13/h4-5,11H,3,6-10H2,1-2H3,(H,16,22). The van der Waals surface area contributed by atoms with Crippen molar-refractivity contribution < 1.29 is 19.0 Å². The second-order valence-electron chi connectivity index (χ2n) is 5.52. The van der Waals surface area contributed by atoms with E-state index in [0.29, 0.717) is 50.3 Å². The van der Waals surface area contributed by atoms with Crippen molar-refractivity contribution in [3.05, 3.63) is 18.0 Å². The minimum absolute atomic E-state index is 0.0979. The highest BCUT2D eigenvalue weighted by Gasteiger charge is 2.24. The Morgan fingerprint density at radius 1 is 1.44 bits per heavy atom. The van der Waals surface area contributed by atoms with Crippen molar-refractivity contribution in [3.8, 4) is 5.88 Å². The highest BCUT2D eigenvalue weighted by atomic mass is 16.5. The Hall–Kier alpha value is -2.46.